The Morgan fingerprint density at radius 1 is 1.04 bits per heavy atom. The predicted octanol–water partition coefficient (Wildman–Crippen LogP) is 3.82. The van der Waals surface area contributed by atoms with Gasteiger partial charge in [-0.25, -0.2) is 5.43 Å². The van der Waals surface area contributed by atoms with Crippen LogP contribution in [0, 0.1) is 13.8 Å². The Hall–Kier alpha value is -2.82. The molecular formula is C21H26N2O3. The minimum Gasteiger partial charge on any atom is -0.497 e. The summed E-state index contributed by atoms with van der Waals surface area (Å²) < 4.78 is 10.7. The summed E-state index contributed by atoms with van der Waals surface area (Å²) in [6.45, 7) is 5.83. The molecule has 0 aliphatic carbocycles. The van der Waals surface area contributed by atoms with Gasteiger partial charge in [0.1, 0.15) is 11.5 Å². The van der Waals surface area contributed by atoms with Crippen molar-refractivity contribution in [1.29, 1.82) is 0 Å². The second-order valence-electron chi connectivity index (χ2n) is 6.34. The van der Waals surface area contributed by atoms with Crippen molar-refractivity contribution in [2.75, 3.05) is 13.7 Å². The van der Waals surface area contributed by atoms with Gasteiger partial charge in [0.25, 0.3) is 5.91 Å². The number of hydrogen-bond acceptors (Lipinski definition) is 4. The zero-order chi connectivity index (χ0) is 18.9. The van der Waals surface area contributed by atoms with Gasteiger partial charge in [0.2, 0.25) is 0 Å². The first kappa shape index (κ1) is 19.5. The first-order chi connectivity index (χ1) is 12.5. The van der Waals surface area contributed by atoms with E-state index in [9.17, 15) is 4.79 Å². The highest BCUT2D eigenvalue weighted by molar-refractivity contribution is 5.84. The Labute approximate surface area is 155 Å². The van der Waals surface area contributed by atoms with E-state index in [-0.39, 0.29) is 12.5 Å². The molecule has 0 unspecified atom stereocenters. The number of methoxy groups -OCH3 is 1. The van der Waals surface area contributed by atoms with Gasteiger partial charge in [-0.1, -0.05) is 18.2 Å². The van der Waals surface area contributed by atoms with Crippen LogP contribution >= 0.6 is 0 Å². The van der Waals surface area contributed by atoms with Crippen LogP contribution in [0.2, 0.25) is 0 Å². The fraction of sp³-hybridized carbons (Fsp3) is 0.333. The maximum atomic E-state index is 11.9. The van der Waals surface area contributed by atoms with Crippen molar-refractivity contribution < 1.29 is 14.3 Å². The summed E-state index contributed by atoms with van der Waals surface area (Å²) in [6.07, 6.45) is 1.62. The van der Waals surface area contributed by atoms with Gasteiger partial charge < -0.3 is 9.47 Å². The quantitative estimate of drug-likeness (QED) is 0.579. The van der Waals surface area contributed by atoms with Crippen molar-refractivity contribution >= 4 is 11.6 Å². The lowest BCUT2D eigenvalue weighted by atomic mass is 10.1. The van der Waals surface area contributed by atoms with Crippen LogP contribution in [0.15, 0.2) is 47.6 Å². The number of rotatable bonds is 8. The Morgan fingerprint density at radius 3 is 2.31 bits per heavy atom. The summed E-state index contributed by atoms with van der Waals surface area (Å²) in [5.41, 5.74) is 6.81. The van der Waals surface area contributed by atoms with E-state index in [1.165, 1.54) is 5.56 Å². The van der Waals surface area contributed by atoms with Crippen molar-refractivity contribution in [3.8, 4) is 11.5 Å². The van der Waals surface area contributed by atoms with Crippen LogP contribution in [0.3, 0.4) is 0 Å². The molecule has 0 aliphatic rings. The molecule has 5 nitrogen and oxygen atoms in total. The molecular weight excluding hydrogens is 328 g/mol. The normalized spacial score (nSPS) is 11.2. The number of carbonyl (C=O) groups is 1. The van der Waals surface area contributed by atoms with Crippen molar-refractivity contribution in [3.05, 3.63) is 59.2 Å². The number of carbonyl (C=O) groups excluding carboxylic acids is 1. The fourth-order valence-electron chi connectivity index (χ4n) is 2.53. The van der Waals surface area contributed by atoms with Crippen molar-refractivity contribution in [2.24, 2.45) is 5.10 Å². The molecule has 0 radical (unpaired) electrons. The number of benzene rings is 2. The standard InChI is InChI=1S/C21H26N2O3/c1-15-11-16(2)13-20(12-15)26-14-21(24)23-22-17(3)5-6-18-7-9-19(25-4)10-8-18/h7-13H,5-6,14H2,1-4H3,(H,23,24)/b22-17-. The molecule has 5 heteroatoms. The van der Waals surface area contributed by atoms with Gasteiger partial charge in [-0.05, 0) is 74.6 Å². The van der Waals surface area contributed by atoms with E-state index in [1.807, 2.05) is 57.2 Å². The van der Waals surface area contributed by atoms with Gasteiger partial charge in [0.05, 0.1) is 7.11 Å². The smallest absolute Gasteiger partial charge is 0.277 e. The molecule has 0 saturated heterocycles. The molecule has 1 N–H and O–H groups in total. The number of nitrogens with one attached hydrogen (secondary N) is 1. The molecule has 0 aliphatic heterocycles. The average Bonchev–Trinajstić information content (AvgIpc) is 2.62. The first-order valence-corrected chi connectivity index (χ1v) is 8.62. The van der Waals surface area contributed by atoms with E-state index >= 15 is 0 Å². The lowest BCUT2D eigenvalue weighted by Gasteiger charge is -2.08. The third-order valence-electron chi connectivity index (χ3n) is 3.87. The first-order valence-electron chi connectivity index (χ1n) is 8.62. The number of aryl methyl sites for hydroxylation is 3. The van der Waals surface area contributed by atoms with Gasteiger partial charge in [-0.3, -0.25) is 4.79 Å². The van der Waals surface area contributed by atoms with Gasteiger partial charge in [0, 0.05) is 5.71 Å². The van der Waals surface area contributed by atoms with Crippen LogP contribution in [-0.4, -0.2) is 25.3 Å². The second-order valence-corrected chi connectivity index (χ2v) is 6.34. The van der Waals surface area contributed by atoms with E-state index in [0.717, 1.165) is 35.4 Å². The highest BCUT2D eigenvalue weighted by Crippen LogP contribution is 2.16. The molecule has 0 fully saturated rings. The minimum atomic E-state index is -0.270. The summed E-state index contributed by atoms with van der Waals surface area (Å²) >= 11 is 0. The topological polar surface area (TPSA) is 59.9 Å². The predicted molar refractivity (Wildman–Crippen MR) is 104 cm³/mol. The highest BCUT2D eigenvalue weighted by atomic mass is 16.5. The van der Waals surface area contributed by atoms with E-state index in [1.54, 1.807) is 7.11 Å². The van der Waals surface area contributed by atoms with Crippen LogP contribution in [0.5, 0.6) is 11.5 Å². The molecule has 2 aromatic rings. The number of amides is 1. The lowest BCUT2D eigenvalue weighted by Crippen LogP contribution is -2.25. The number of nitrogens with zero attached hydrogens (tertiary/aromatic N) is 1. The summed E-state index contributed by atoms with van der Waals surface area (Å²) in [5, 5.41) is 4.13. The zero-order valence-corrected chi connectivity index (χ0v) is 15.8. The van der Waals surface area contributed by atoms with Gasteiger partial charge in [0.15, 0.2) is 6.61 Å². The highest BCUT2D eigenvalue weighted by Gasteiger charge is 2.04. The van der Waals surface area contributed by atoms with E-state index in [2.05, 4.69) is 16.6 Å². The molecule has 0 spiro atoms. The third kappa shape index (κ3) is 6.59. The maximum Gasteiger partial charge on any atom is 0.277 e. The molecule has 0 aromatic heterocycles. The monoisotopic (exact) mass is 354 g/mol. The molecule has 0 heterocycles. The van der Waals surface area contributed by atoms with Gasteiger partial charge >= 0.3 is 0 Å². The molecule has 1 amide bonds. The summed E-state index contributed by atoms with van der Waals surface area (Å²) in [6, 6.07) is 13.8. The molecule has 0 atom stereocenters. The second kappa shape index (κ2) is 9.61. The number of hydrazone groups is 1. The van der Waals surface area contributed by atoms with Crippen LogP contribution in [-0.2, 0) is 11.2 Å². The van der Waals surface area contributed by atoms with Crippen molar-refractivity contribution in [1.82, 2.24) is 5.43 Å². The minimum absolute atomic E-state index is 0.0574. The Morgan fingerprint density at radius 2 is 1.69 bits per heavy atom. The SMILES string of the molecule is COc1ccc(CC/C(C)=N\NC(=O)COc2cc(C)cc(C)c2)cc1. The third-order valence-corrected chi connectivity index (χ3v) is 3.87. The van der Waals surface area contributed by atoms with Crippen LogP contribution in [0.25, 0.3) is 0 Å². The molecule has 0 saturated carbocycles. The van der Waals surface area contributed by atoms with Crippen LogP contribution in [0.4, 0.5) is 0 Å². The zero-order valence-electron chi connectivity index (χ0n) is 15.8. The van der Waals surface area contributed by atoms with Gasteiger partial charge in [-0.2, -0.15) is 5.10 Å². The van der Waals surface area contributed by atoms with Crippen LogP contribution < -0.4 is 14.9 Å². The maximum absolute atomic E-state index is 11.9. The van der Waals surface area contributed by atoms with Crippen LogP contribution in [0.1, 0.15) is 30.0 Å². The van der Waals surface area contributed by atoms with E-state index in [0.29, 0.717) is 5.75 Å². The van der Waals surface area contributed by atoms with Gasteiger partial charge in [-0.15, -0.1) is 0 Å². The molecule has 2 aromatic carbocycles. The average molecular weight is 354 g/mol. The van der Waals surface area contributed by atoms with Crippen molar-refractivity contribution in [3.63, 3.8) is 0 Å². The number of ether oxygens (including phenoxy) is 2. The molecule has 2 rings (SSSR count). The fourth-order valence-corrected chi connectivity index (χ4v) is 2.53. The summed E-state index contributed by atoms with van der Waals surface area (Å²) in [5.74, 6) is 1.26. The molecule has 138 valence electrons. The Kier molecular flexibility index (Phi) is 7.21. The lowest BCUT2D eigenvalue weighted by molar-refractivity contribution is -0.123. The molecule has 26 heavy (non-hydrogen) atoms. The molecule has 0 bridgehead atoms. The Bertz CT molecular complexity index is 747. The Balaban J connectivity index is 1.75. The van der Waals surface area contributed by atoms with Crippen molar-refractivity contribution in [2.45, 2.75) is 33.6 Å². The summed E-state index contributed by atoms with van der Waals surface area (Å²) in [4.78, 5) is 11.9. The summed E-state index contributed by atoms with van der Waals surface area (Å²) in [7, 11) is 1.65. The largest absolute Gasteiger partial charge is 0.497 e. The van der Waals surface area contributed by atoms with E-state index in [4.69, 9.17) is 9.47 Å². The van der Waals surface area contributed by atoms with E-state index < -0.39 is 0 Å². The number of hydrogen-bond donors (Lipinski definition) is 1.